The Hall–Kier alpha value is -2.16. The van der Waals surface area contributed by atoms with Gasteiger partial charge in [0.15, 0.2) is 5.16 Å². The number of benzene rings is 1. The number of amides is 1. The highest BCUT2D eigenvalue weighted by Crippen LogP contribution is 2.39. The van der Waals surface area contributed by atoms with Crippen LogP contribution in [0.3, 0.4) is 0 Å². The number of nitrogens with two attached hydrogens (primary N) is 1. The Bertz CT molecular complexity index is 1080. The SMILES string of the molecule is CC(CCc1ccccc1)NC(=O)CSc1nc(N)c2c3c(sc2n1)COC(C(C)C)C3. The Morgan fingerprint density at radius 1 is 1.28 bits per heavy atom. The summed E-state index contributed by atoms with van der Waals surface area (Å²) in [6.07, 6.45) is 2.88. The largest absolute Gasteiger partial charge is 0.383 e. The van der Waals surface area contributed by atoms with E-state index in [0.29, 0.717) is 23.5 Å². The molecule has 3 N–H and O–H groups in total. The molecule has 2 aromatic heterocycles. The van der Waals surface area contributed by atoms with E-state index in [9.17, 15) is 4.79 Å². The Morgan fingerprint density at radius 2 is 2.06 bits per heavy atom. The standard InChI is InChI=1S/C24H30N4O2S2/c1-14(2)18-11-17-19(12-30-18)32-23-21(17)22(25)27-24(28-23)31-13-20(29)26-15(3)9-10-16-7-5-4-6-8-16/h4-8,14-15,18H,9-13H2,1-3H3,(H,26,29)(H2,25,27,28). The summed E-state index contributed by atoms with van der Waals surface area (Å²) in [4.78, 5) is 23.7. The zero-order valence-corrected chi connectivity index (χ0v) is 20.4. The number of aromatic nitrogens is 2. The average molecular weight is 471 g/mol. The van der Waals surface area contributed by atoms with E-state index in [1.54, 1.807) is 11.3 Å². The van der Waals surface area contributed by atoms with Gasteiger partial charge in [-0.15, -0.1) is 11.3 Å². The van der Waals surface area contributed by atoms with Gasteiger partial charge in [-0.25, -0.2) is 9.97 Å². The van der Waals surface area contributed by atoms with Crippen molar-refractivity contribution in [3.05, 3.63) is 46.3 Å². The van der Waals surface area contributed by atoms with E-state index in [2.05, 4.69) is 36.3 Å². The highest BCUT2D eigenvalue weighted by atomic mass is 32.2. The van der Waals surface area contributed by atoms with E-state index >= 15 is 0 Å². The number of nitrogens with one attached hydrogen (secondary N) is 1. The summed E-state index contributed by atoms with van der Waals surface area (Å²) in [5, 5.41) is 4.57. The van der Waals surface area contributed by atoms with Crippen molar-refractivity contribution in [1.82, 2.24) is 15.3 Å². The first kappa shape index (κ1) is 23.0. The molecule has 0 radical (unpaired) electrons. The first-order valence-corrected chi connectivity index (χ1v) is 12.9. The third kappa shape index (κ3) is 5.42. The summed E-state index contributed by atoms with van der Waals surface area (Å²) in [5.41, 5.74) is 8.84. The van der Waals surface area contributed by atoms with Crippen molar-refractivity contribution in [3.63, 3.8) is 0 Å². The molecule has 0 fully saturated rings. The van der Waals surface area contributed by atoms with Crippen LogP contribution in [0.15, 0.2) is 35.5 Å². The van der Waals surface area contributed by atoms with Crippen LogP contribution in [0.4, 0.5) is 5.82 Å². The molecule has 3 aromatic rings. The van der Waals surface area contributed by atoms with Gasteiger partial charge in [0.2, 0.25) is 5.91 Å². The molecule has 6 nitrogen and oxygen atoms in total. The van der Waals surface area contributed by atoms with Crippen LogP contribution in [0.1, 0.15) is 43.2 Å². The lowest BCUT2D eigenvalue weighted by Gasteiger charge is -2.26. The van der Waals surface area contributed by atoms with Crippen molar-refractivity contribution in [2.45, 2.75) is 63.9 Å². The molecule has 32 heavy (non-hydrogen) atoms. The van der Waals surface area contributed by atoms with Crippen LogP contribution in [0.25, 0.3) is 10.2 Å². The van der Waals surface area contributed by atoms with E-state index in [-0.39, 0.29) is 23.8 Å². The summed E-state index contributed by atoms with van der Waals surface area (Å²) in [6.45, 7) is 6.98. The fourth-order valence-corrected chi connectivity index (χ4v) is 5.78. The fourth-order valence-electron chi connectivity index (χ4n) is 3.93. The number of fused-ring (bicyclic) bond motifs is 3. The minimum absolute atomic E-state index is 0.0171. The van der Waals surface area contributed by atoms with Gasteiger partial charge in [0.05, 0.1) is 23.8 Å². The van der Waals surface area contributed by atoms with E-state index in [0.717, 1.165) is 29.5 Å². The summed E-state index contributed by atoms with van der Waals surface area (Å²) < 4.78 is 5.99. The molecule has 170 valence electrons. The monoisotopic (exact) mass is 470 g/mol. The topological polar surface area (TPSA) is 90.1 Å². The van der Waals surface area contributed by atoms with Gasteiger partial charge in [-0.2, -0.15) is 0 Å². The summed E-state index contributed by atoms with van der Waals surface area (Å²) in [7, 11) is 0. The Labute approximate surface area is 197 Å². The molecule has 0 spiro atoms. The number of thiophene rings is 1. The number of carbonyl (C=O) groups excluding carboxylic acids is 1. The van der Waals surface area contributed by atoms with E-state index in [4.69, 9.17) is 15.5 Å². The van der Waals surface area contributed by atoms with Gasteiger partial charge >= 0.3 is 0 Å². The van der Waals surface area contributed by atoms with Gasteiger partial charge in [-0.05, 0) is 36.8 Å². The molecule has 3 heterocycles. The van der Waals surface area contributed by atoms with Crippen LogP contribution in [0, 0.1) is 5.92 Å². The maximum Gasteiger partial charge on any atom is 0.230 e. The van der Waals surface area contributed by atoms with Crippen molar-refractivity contribution in [2.75, 3.05) is 11.5 Å². The number of rotatable bonds is 8. The Balaban J connectivity index is 1.35. The van der Waals surface area contributed by atoms with Crippen LogP contribution >= 0.6 is 23.1 Å². The predicted molar refractivity (Wildman–Crippen MR) is 132 cm³/mol. The van der Waals surface area contributed by atoms with E-state index < -0.39 is 0 Å². The molecule has 0 saturated heterocycles. The van der Waals surface area contributed by atoms with Crippen LogP contribution in [0.2, 0.25) is 0 Å². The van der Waals surface area contributed by atoms with E-state index in [1.165, 1.54) is 27.8 Å². The summed E-state index contributed by atoms with van der Waals surface area (Å²) in [6, 6.07) is 10.4. The number of aryl methyl sites for hydroxylation is 1. The number of thioether (sulfide) groups is 1. The Morgan fingerprint density at radius 3 is 2.81 bits per heavy atom. The molecule has 1 aromatic carbocycles. The molecule has 1 aliphatic rings. The molecule has 2 atom stereocenters. The number of hydrogen-bond acceptors (Lipinski definition) is 7. The Kier molecular flexibility index (Phi) is 7.33. The van der Waals surface area contributed by atoms with Gasteiger partial charge in [0.1, 0.15) is 10.6 Å². The molecule has 1 amide bonds. The van der Waals surface area contributed by atoms with Gasteiger partial charge in [-0.1, -0.05) is 55.9 Å². The van der Waals surface area contributed by atoms with Crippen molar-refractivity contribution < 1.29 is 9.53 Å². The number of carbonyl (C=O) groups is 1. The first-order chi connectivity index (χ1) is 15.4. The van der Waals surface area contributed by atoms with Crippen LogP contribution in [-0.2, 0) is 29.0 Å². The number of hydrogen-bond donors (Lipinski definition) is 2. The maximum atomic E-state index is 12.4. The minimum Gasteiger partial charge on any atom is -0.383 e. The highest BCUT2D eigenvalue weighted by molar-refractivity contribution is 7.99. The second-order valence-electron chi connectivity index (χ2n) is 8.65. The average Bonchev–Trinajstić information content (AvgIpc) is 3.15. The van der Waals surface area contributed by atoms with Crippen LogP contribution in [-0.4, -0.2) is 33.8 Å². The number of nitrogens with zero attached hydrogens (tertiary/aromatic N) is 2. The molecule has 0 aliphatic carbocycles. The quantitative estimate of drug-likeness (QED) is 0.369. The lowest BCUT2D eigenvalue weighted by atomic mass is 9.96. The van der Waals surface area contributed by atoms with Crippen molar-refractivity contribution in [1.29, 1.82) is 0 Å². The normalized spacial score (nSPS) is 16.8. The summed E-state index contributed by atoms with van der Waals surface area (Å²) in [5.74, 6) is 1.20. The number of anilines is 1. The van der Waals surface area contributed by atoms with Crippen LogP contribution in [0.5, 0.6) is 0 Å². The minimum atomic E-state index is -0.0171. The molecule has 0 saturated carbocycles. The maximum absolute atomic E-state index is 12.4. The molecule has 0 bridgehead atoms. The van der Waals surface area contributed by atoms with Crippen LogP contribution < -0.4 is 11.1 Å². The summed E-state index contributed by atoms with van der Waals surface area (Å²) >= 11 is 2.95. The van der Waals surface area contributed by atoms with E-state index in [1.807, 2.05) is 25.1 Å². The molecule has 8 heteroatoms. The van der Waals surface area contributed by atoms with Gasteiger partial charge < -0.3 is 15.8 Å². The third-order valence-corrected chi connectivity index (χ3v) is 7.71. The molecule has 4 rings (SSSR count). The predicted octanol–water partition coefficient (Wildman–Crippen LogP) is 4.60. The molecule has 2 unspecified atom stereocenters. The lowest BCUT2D eigenvalue weighted by Crippen LogP contribution is -2.34. The smallest absolute Gasteiger partial charge is 0.230 e. The zero-order chi connectivity index (χ0) is 22.7. The molecule has 1 aliphatic heterocycles. The number of ether oxygens (including phenoxy) is 1. The highest BCUT2D eigenvalue weighted by Gasteiger charge is 2.27. The second-order valence-corrected chi connectivity index (χ2v) is 10.7. The first-order valence-electron chi connectivity index (χ1n) is 11.1. The molecular formula is C24H30N4O2S2. The number of nitrogen functional groups attached to an aromatic ring is 1. The lowest BCUT2D eigenvalue weighted by molar-refractivity contribution is -0.119. The van der Waals surface area contributed by atoms with Gasteiger partial charge in [0, 0.05) is 17.3 Å². The second kappa shape index (κ2) is 10.2. The van der Waals surface area contributed by atoms with Crippen molar-refractivity contribution in [3.8, 4) is 0 Å². The third-order valence-electron chi connectivity index (χ3n) is 5.77. The van der Waals surface area contributed by atoms with Gasteiger partial charge in [0.25, 0.3) is 0 Å². The zero-order valence-electron chi connectivity index (χ0n) is 18.8. The van der Waals surface area contributed by atoms with Crippen molar-refractivity contribution >= 4 is 45.0 Å². The molecular weight excluding hydrogens is 440 g/mol. The van der Waals surface area contributed by atoms with Gasteiger partial charge in [-0.3, -0.25) is 4.79 Å². The fraction of sp³-hybridized carbons (Fsp3) is 0.458. The van der Waals surface area contributed by atoms with Crippen molar-refractivity contribution in [2.24, 2.45) is 5.92 Å².